The highest BCUT2D eigenvalue weighted by molar-refractivity contribution is 5.85. The van der Waals surface area contributed by atoms with Crippen LogP contribution in [-0.4, -0.2) is 22.0 Å². The van der Waals surface area contributed by atoms with E-state index in [9.17, 15) is 0 Å². The summed E-state index contributed by atoms with van der Waals surface area (Å²) in [7, 11) is 1.83. The number of nitrogens with one attached hydrogen (secondary N) is 1. The average molecular weight is 190 g/mol. The first-order chi connectivity index (χ1) is 6.92. The van der Waals surface area contributed by atoms with Gasteiger partial charge in [0.15, 0.2) is 5.65 Å². The molecule has 0 radical (unpaired) electrons. The Morgan fingerprint density at radius 1 is 1.14 bits per heavy atom. The Labute approximate surface area is 83.4 Å². The predicted octanol–water partition coefficient (Wildman–Crippen LogP) is 2.09. The van der Waals surface area contributed by atoms with Gasteiger partial charge in [-0.25, -0.2) is 15.0 Å². The first kappa shape index (κ1) is 10.4. The van der Waals surface area contributed by atoms with E-state index in [1.54, 1.807) is 6.20 Å². The molecular formula is C10H14N4. The van der Waals surface area contributed by atoms with Crippen molar-refractivity contribution in [3.63, 3.8) is 0 Å². The van der Waals surface area contributed by atoms with Crippen LogP contribution in [0.5, 0.6) is 0 Å². The average Bonchev–Trinajstić information content (AvgIpc) is 2.31. The van der Waals surface area contributed by atoms with Crippen LogP contribution >= 0.6 is 0 Å². The molecule has 74 valence electrons. The van der Waals surface area contributed by atoms with Crippen LogP contribution in [0.2, 0.25) is 0 Å². The van der Waals surface area contributed by atoms with E-state index in [0.717, 1.165) is 16.9 Å². The topological polar surface area (TPSA) is 50.7 Å². The molecule has 2 aromatic heterocycles. The maximum atomic E-state index is 4.10. The van der Waals surface area contributed by atoms with E-state index in [4.69, 9.17) is 0 Å². The van der Waals surface area contributed by atoms with E-state index in [0.29, 0.717) is 0 Å². The lowest BCUT2D eigenvalue weighted by Crippen LogP contribution is -1.95. The van der Waals surface area contributed by atoms with Gasteiger partial charge in [0, 0.05) is 13.2 Å². The van der Waals surface area contributed by atoms with Gasteiger partial charge in [0.1, 0.15) is 12.1 Å². The van der Waals surface area contributed by atoms with Crippen molar-refractivity contribution < 1.29 is 0 Å². The maximum absolute atomic E-state index is 4.10. The summed E-state index contributed by atoms with van der Waals surface area (Å²) in [6.07, 6.45) is 3.22. The van der Waals surface area contributed by atoms with Crippen LogP contribution in [0.4, 0.5) is 5.82 Å². The van der Waals surface area contributed by atoms with Crippen molar-refractivity contribution in [3.8, 4) is 0 Å². The number of fused-ring (bicyclic) bond motifs is 1. The SMILES string of the molecule is CC.CNc1ncnc2ncccc12. The van der Waals surface area contributed by atoms with Crippen molar-refractivity contribution in [1.29, 1.82) is 0 Å². The van der Waals surface area contributed by atoms with Gasteiger partial charge in [-0.05, 0) is 12.1 Å². The predicted molar refractivity (Wildman–Crippen MR) is 58.2 cm³/mol. The van der Waals surface area contributed by atoms with Crippen molar-refractivity contribution in [3.05, 3.63) is 24.7 Å². The number of hydrogen-bond donors (Lipinski definition) is 1. The molecule has 1 N–H and O–H groups in total. The van der Waals surface area contributed by atoms with Crippen LogP contribution in [0.15, 0.2) is 24.7 Å². The molecule has 4 heteroatoms. The molecule has 0 bridgehead atoms. The summed E-state index contributed by atoms with van der Waals surface area (Å²) >= 11 is 0. The van der Waals surface area contributed by atoms with Crippen LogP contribution < -0.4 is 5.32 Å². The van der Waals surface area contributed by atoms with Gasteiger partial charge in [0.05, 0.1) is 5.39 Å². The van der Waals surface area contributed by atoms with Crippen molar-refractivity contribution in [2.75, 3.05) is 12.4 Å². The molecule has 0 amide bonds. The molecule has 0 spiro atoms. The highest BCUT2D eigenvalue weighted by Crippen LogP contribution is 2.14. The zero-order valence-corrected chi connectivity index (χ0v) is 8.65. The van der Waals surface area contributed by atoms with Crippen LogP contribution in [0, 0.1) is 0 Å². The van der Waals surface area contributed by atoms with E-state index in [1.165, 1.54) is 6.33 Å². The van der Waals surface area contributed by atoms with Gasteiger partial charge in [0.25, 0.3) is 0 Å². The van der Waals surface area contributed by atoms with Crippen molar-refractivity contribution >= 4 is 16.9 Å². The third-order valence-corrected chi connectivity index (χ3v) is 1.65. The Hall–Kier alpha value is -1.71. The molecule has 0 fully saturated rings. The summed E-state index contributed by atoms with van der Waals surface area (Å²) in [5.74, 6) is 0.813. The fraction of sp³-hybridized carbons (Fsp3) is 0.300. The van der Waals surface area contributed by atoms with Gasteiger partial charge in [0.2, 0.25) is 0 Å². The summed E-state index contributed by atoms with van der Waals surface area (Å²) in [6.45, 7) is 4.00. The third-order valence-electron chi connectivity index (χ3n) is 1.65. The summed E-state index contributed by atoms with van der Waals surface area (Å²) in [5.41, 5.74) is 0.719. The summed E-state index contributed by atoms with van der Waals surface area (Å²) in [6, 6.07) is 3.81. The van der Waals surface area contributed by atoms with Gasteiger partial charge < -0.3 is 5.32 Å². The second-order valence-electron chi connectivity index (χ2n) is 2.35. The smallest absolute Gasteiger partial charge is 0.164 e. The number of pyridine rings is 1. The third kappa shape index (κ3) is 1.96. The number of aromatic nitrogens is 3. The van der Waals surface area contributed by atoms with Gasteiger partial charge >= 0.3 is 0 Å². The molecule has 2 heterocycles. The summed E-state index contributed by atoms with van der Waals surface area (Å²) in [5, 5.41) is 3.93. The fourth-order valence-electron chi connectivity index (χ4n) is 1.09. The zero-order chi connectivity index (χ0) is 10.4. The second-order valence-corrected chi connectivity index (χ2v) is 2.35. The van der Waals surface area contributed by atoms with E-state index < -0.39 is 0 Å². The quantitative estimate of drug-likeness (QED) is 0.748. The van der Waals surface area contributed by atoms with E-state index in [1.807, 2.05) is 33.0 Å². The molecule has 0 unspecified atom stereocenters. The monoisotopic (exact) mass is 190 g/mol. The molecule has 0 saturated carbocycles. The Balaban J connectivity index is 0.000000461. The zero-order valence-electron chi connectivity index (χ0n) is 8.65. The van der Waals surface area contributed by atoms with E-state index in [-0.39, 0.29) is 0 Å². The highest BCUT2D eigenvalue weighted by Gasteiger charge is 1.99. The lowest BCUT2D eigenvalue weighted by Gasteiger charge is -2.01. The Morgan fingerprint density at radius 3 is 2.64 bits per heavy atom. The minimum Gasteiger partial charge on any atom is -0.372 e. The van der Waals surface area contributed by atoms with Crippen LogP contribution in [0.25, 0.3) is 11.0 Å². The highest BCUT2D eigenvalue weighted by atomic mass is 15.0. The number of anilines is 1. The standard InChI is InChI=1S/C8H8N4.C2H6/c1-9-7-6-3-2-4-10-8(6)12-5-11-7;1-2/h2-5H,1H3,(H,9,10,11,12);1-2H3. The van der Waals surface area contributed by atoms with E-state index >= 15 is 0 Å². The molecule has 4 nitrogen and oxygen atoms in total. The Morgan fingerprint density at radius 2 is 1.93 bits per heavy atom. The Kier molecular flexibility index (Phi) is 3.79. The van der Waals surface area contributed by atoms with Gasteiger partial charge in [-0.2, -0.15) is 0 Å². The molecule has 2 rings (SSSR count). The molecule has 0 aliphatic carbocycles. The number of rotatable bonds is 1. The molecular weight excluding hydrogens is 176 g/mol. The number of nitrogens with zero attached hydrogens (tertiary/aromatic N) is 3. The molecule has 14 heavy (non-hydrogen) atoms. The maximum Gasteiger partial charge on any atom is 0.164 e. The molecule has 2 aromatic rings. The van der Waals surface area contributed by atoms with Crippen molar-refractivity contribution in [2.24, 2.45) is 0 Å². The van der Waals surface area contributed by atoms with Crippen LogP contribution in [0.1, 0.15) is 13.8 Å². The van der Waals surface area contributed by atoms with Crippen LogP contribution in [-0.2, 0) is 0 Å². The van der Waals surface area contributed by atoms with Gasteiger partial charge in [-0.3, -0.25) is 0 Å². The van der Waals surface area contributed by atoms with Gasteiger partial charge in [-0.1, -0.05) is 13.8 Å². The fourth-order valence-corrected chi connectivity index (χ4v) is 1.09. The van der Waals surface area contributed by atoms with Crippen molar-refractivity contribution in [1.82, 2.24) is 15.0 Å². The molecule has 0 aliphatic rings. The Bertz CT molecular complexity index is 395. The summed E-state index contributed by atoms with van der Waals surface area (Å²) < 4.78 is 0. The molecule has 0 aromatic carbocycles. The van der Waals surface area contributed by atoms with E-state index in [2.05, 4.69) is 20.3 Å². The molecule has 0 saturated heterocycles. The van der Waals surface area contributed by atoms with Gasteiger partial charge in [-0.15, -0.1) is 0 Å². The summed E-state index contributed by atoms with van der Waals surface area (Å²) in [4.78, 5) is 12.2. The minimum absolute atomic E-state index is 0.719. The lowest BCUT2D eigenvalue weighted by atomic mass is 10.3. The normalized spacial score (nSPS) is 9.07. The second kappa shape index (κ2) is 5.11. The van der Waals surface area contributed by atoms with Crippen molar-refractivity contribution in [2.45, 2.75) is 13.8 Å². The lowest BCUT2D eigenvalue weighted by molar-refractivity contribution is 1.17. The first-order valence-electron chi connectivity index (χ1n) is 4.65. The first-order valence-corrected chi connectivity index (χ1v) is 4.65. The minimum atomic E-state index is 0.719. The molecule has 0 aliphatic heterocycles. The van der Waals surface area contributed by atoms with Crippen LogP contribution in [0.3, 0.4) is 0 Å². The number of hydrogen-bond acceptors (Lipinski definition) is 4. The largest absolute Gasteiger partial charge is 0.372 e. The molecule has 0 atom stereocenters.